The minimum absolute atomic E-state index is 0.0915. The van der Waals surface area contributed by atoms with Gasteiger partial charge in [0, 0.05) is 43.1 Å². The lowest BCUT2D eigenvalue weighted by atomic mass is 10.1. The molecular weight excluding hydrogens is 438 g/mol. The van der Waals surface area contributed by atoms with E-state index in [-0.39, 0.29) is 10.8 Å². The second-order valence-corrected chi connectivity index (χ2v) is 9.38. The van der Waals surface area contributed by atoms with Gasteiger partial charge in [-0.3, -0.25) is 9.52 Å². The topological polar surface area (TPSA) is 78.9 Å². The number of carbonyl (C=O) groups excluding carboxylic acids is 1. The Balaban J connectivity index is 1.37. The van der Waals surface area contributed by atoms with Crippen LogP contribution < -0.4 is 14.4 Å². The minimum Gasteiger partial charge on any atom is -0.494 e. The van der Waals surface area contributed by atoms with Gasteiger partial charge in [0.25, 0.3) is 15.9 Å². The van der Waals surface area contributed by atoms with E-state index in [9.17, 15) is 13.2 Å². The molecule has 33 heavy (non-hydrogen) atoms. The number of rotatable bonds is 7. The SMILES string of the molecule is CCOc1ccc(NS(=O)(=O)c2ccc(C(=O)N3CCN(c4ccccc4)CC3)cc2)cc1. The fourth-order valence-electron chi connectivity index (χ4n) is 3.77. The van der Waals surface area contributed by atoms with Crippen molar-refractivity contribution in [2.24, 2.45) is 0 Å². The fourth-order valence-corrected chi connectivity index (χ4v) is 4.82. The second-order valence-electron chi connectivity index (χ2n) is 7.70. The van der Waals surface area contributed by atoms with Gasteiger partial charge in [-0.15, -0.1) is 0 Å². The smallest absolute Gasteiger partial charge is 0.261 e. The van der Waals surface area contributed by atoms with E-state index >= 15 is 0 Å². The van der Waals surface area contributed by atoms with Crippen LogP contribution in [0.1, 0.15) is 17.3 Å². The fraction of sp³-hybridized carbons (Fsp3) is 0.240. The first kappa shape index (κ1) is 22.7. The summed E-state index contributed by atoms with van der Waals surface area (Å²) in [6.07, 6.45) is 0. The van der Waals surface area contributed by atoms with Crippen LogP contribution in [-0.2, 0) is 10.0 Å². The number of amides is 1. The Labute approximate surface area is 194 Å². The van der Waals surface area contributed by atoms with E-state index in [0.29, 0.717) is 36.7 Å². The zero-order chi connectivity index (χ0) is 23.3. The lowest BCUT2D eigenvalue weighted by Gasteiger charge is -2.36. The molecule has 1 fully saturated rings. The van der Waals surface area contributed by atoms with Crippen molar-refractivity contribution in [3.8, 4) is 5.75 Å². The van der Waals surface area contributed by atoms with Crippen LogP contribution in [0, 0.1) is 0 Å². The van der Waals surface area contributed by atoms with Gasteiger partial charge in [0.15, 0.2) is 0 Å². The maximum absolute atomic E-state index is 12.9. The van der Waals surface area contributed by atoms with Crippen LogP contribution in [0.15, 0.2) is 83.8 Å². The van der Waals surface area contributed by atoms with Gasteiger partial charge in [-0.2, -0.15) is 0 Å². The first-order chi connectivity index (χ1) is 16.0. The third kappa shape index (κ3) is 5.46. The molecular formula is C25H27N3O4S. The lowest BCUT2D eigenvalue weighted by molar-refractivity contribution is 0.0746. The molecule has 0 unspecified atom stereocenters. The third-order valence-corrected chi connectivity index (χ3v) is 6.91. The van der Waals surface area contributed by atoms with Crippen LogP contribution in [-0.4, -0.2) is 52.0 Å². The van der Waals surface area contributed by atoms with E-state index in [1.165, 1.54) is 12.1 Å². The van der Waals surface area contributed by atoms with Gasteiger partial charge in [-0.05, 0) is 67.6 Å². The Morgan fingerprint density at radius 3 is 2.12 bits per heavy atom. The Hall–Kier alpha value is -3.52. The van der Waals surface area contributed by atoms with Crippen molar-refractivity contribution in [3.05, 3.63) is 84.4 Å². The molecule has 1 N–H and O–H groups in total. The van der Waals surface area contributed by atoms with Crippen molar-refractivity contribution in [3.63, 3.8) is 0 Å². The molecule has 8 heteroatoms. The van der Waals surface area contributed by atoms with Crippen molar-refractivity contribution in [1.29, 1.82) is 0 Å². The molecule has 1 amide bonds. The van der Waals surface area contributed by atoms with E-state index in [1.54, 1.807) is 41.3 Å². The number of piperazine rings is 1. The summed E-state index contributed by atoms with van der Waals surface area (Å²) < 4.78 is 33.4. The van der Waals surface area contributed by atoms with E-state index < -0.39 is 10.0 Å². The van der Waals surface area contributed by atoms with Gasteiger partial charge >= 0.3 is 0 Å². The number of hydrogen-bond donors (Lipinski definition) is 1. The highest BCUT2D eigenvalue weighted by atomic mass is 32.2. The molecule has 1 aliphatic heterocycles. The van der Waals surface area contributed by atoms with Gasteiger partial charge in [-0.25, -0.2) is 8.42 Å². The number of nitrogens with one attached hydrogen (secondary N) is 1. The summed E-state index contributed by atoms with van der Waals surface area (Å²) in [5.74, 6) is 0.582. The Morgan fingerprint density at radius 2 is 1.52 bits per heavy atom. The molecule has 7 nitrogen and oxygen atoms in total. The Bertz CT molecular complexity index is 1170. The number of benzene rings is 3. The highest BCUT2D eigenvalue weighted by Crippen LogP contribution is 2.21. The second kappa shape index (κ2) is 9.95. The van der Waals surface area contributed by atoms with Gasteiger partial charge in [0.05, 0.1) is 11.5 Å². The number of ether oxygens (including phenoxy) is 1. The predicted molar refractivity (Wildman–Crippen MR) is 129 cm³/mol. The first-order valence-corrected chi connectivity index (χ1v) is 12.4. The zero-order valence-corrected chi connectivity index (χ0v) is 19.3. The maximum Gasteiger partial charge on any atom is 0.261 e. The van der Waals surface area contributed by atoms with E-state index in [2.05, 4.69) is 21.8 Å². The maximum atomic E-state index is 12.9. The number of hydrogen-bond acceptors (Lipinski definition) is 5. The highest BCUT2D eigenvalue weighted by molar-refractivity contribution is 7.92. The number of para-hydroxylation sites is 1. The summed E-state index contributed by atoms with van der Waals surface area (Å²) in [7, 11) is -3.77. The van der Waals surface area contributed by atoms with Crippen LogP contribution in [0.5, 0.6) is 5.75 Å². The lowest BCUT2D eigenvalue weighted by Crippen LogP contribution is -2.48. The molecule has 4 rings (SSSR count). The molecule has 172 valence electrons. The average Bonchev–Trinajstić information content (AvgIpc) is 2.85. The number of sulfonamides is 1. The molecule has 0 spiro atoms. The standard InChI is InChI=1S/C25H27N3O4S/c1-2-32-23-12-10-21(11-13-23)26-33(30,31)24-14-8-20(9-15-24)25(29)28-18-16-27(17-19-28)22-6-4-3-5-7-22/h3-15,26H,2,16-19H2,1H3. The van der Waals surface area contributed by atoms with Gasteiger partial charge in [0.2, 0.25) is 0 Å². The minimum atomic E-state index is -3.77. The van der Waals surface area contributed by atoms with Crippen LogP contribution in [0.3, 0.4) is 0 Å². The Kier molecular flexibility index (Phi) is 6.84. The summed E-state index contributed by atoms with van der Waals surface area (Å²) in [6, 6.07) is 22.9. The van der Waals surface area contributed by atoms with Crippen LogP contribution in [0.4, 0.5) is 11.4 Å². The quantitative estimate of drug-likeness (QED) is 0.574. The molecule has 0 saturated carbocycles. The van der Waals surface area contributed by atoms with Crippen LogP contribution >= 0.6 is 0 Å². The van der Waals surface area contributed by atoms with Crippen molar-refractivity contribution in [1.82, 2.24) is 4.90 Å². The monoisotopic (exact) mass is 465 g/mol. The van der Waals surface area contributed by atoms with E-state index in [4.69, 9.17) is 4.74 Å². The number of carbonyl (C=O) groups is 1. The van der Waals surface area contributed by atoms with Crippen molar-refractivity contribution in [2.75, 3.05) is 42.4 Å². The summed E-state index contributed by atoms with van der Waals surface area (Å²) in [5, 5.41) is 0. The third-order valence-electron chi connectivity index (χ3n) is 5.52. The molecule has 0 radical (unpaired) electrons. The number of nitrogens with zero attached hydrogens (tertiary/aromatic N) is 2. The molecule has 1 heterocycles. The molecule has 0 bridgehead atoms. The van der Waals surface area contributed by atoms with Crippen molar-refractivity contribution < 1.29 is 17.9 Å². The highest BCUT2D eigenvalue weighted by Gasteiger charge is 2.23. The average molecular weight is 466 g/mol. The van der Waals surface area contributed by atoms with E-state index in [1.807, 2.05) is 25.1 Å². The van der Waals surface area contributed by atoms with Crippen LogP contribution in [0.2, 0.25) is 0 Å². The normalized spacial score (nSPS) is 14.1. The summed E-state index contributed by atoms with van der Waals surface area (Å²) in [6.45, 7) is 5.18. The summed E-state index contributed by atoms with van der Waals surface area (Å²) in [5.41, 5.74) is 2.07. The van der Waals surface area contributed by atoms with Crippen molar-refractivity contribution >= 4 is 27.3 Å². The molecule has 1 aliphatic rings. The molecule has 3 aromatic rings. The zero-order valence-electron chi connectivity index (χ0n) is 18.5. The molecule has 3 aromatic carbocycles. The van der Waals surface area contributed by atoms with Gasteiger partial charge < -0.3 is 14.5 Å². The number of anilines is 2. The van der Waals surface area contributed by atoms with Gasteiger partial charge in [0.1, 0.15) is 5.75 Å². The summed E-state index contributed by atoms with van der Waals surface area (Å²) in [4.78, 5) is 17.1. The van der Waals surface area contributed by atoms with Crippen LogP contribution in [0.25, 0.3) is 0 Å². The van der Waals surface area contributed by atoms with E-state index in [0.717, 1.165) is 18.8 Å². The first-order valence-electron chi connectivity index (χ1n) is 10.9. The molecule has 0 aliphatic carbocycles. The Morgan fingerprint density at radius 1 is 0.879 bits per heavy atom. The van der Waals surface area contributed by atoms with Gasteiger partial charge in [-0.1, -0.05) is 18.2 Å². The van der Waals surface area contributed by atoms with Crippen molar-refractivity contribution in [2.45, 2.75) is 11.8 Å². The molecule has 0 aromatic heterocycles. The predicted octanol–water partition coefficient (Wildman–Crippen LogP) is 3.85. The molecule has 1 saturated heterocycles. The summed E-state index contributed by atoms with van der Waals surface area (Å²) >= 11 is 0. The largest absolute Gasteiger partial charge is 0.494 e. The molecule has 0 atom stereocenters.